The number of aromatic nitrogens is 3. The topological polar surface area (TPSA) is 76.7 Å². The average molecular weight is 231 g/mol. The summed E-state index contributed by atoms with van der Waals surface area (Å²) in [5, 5.41) is 3.05. The molecule has 3 N–H and O–H groups in total. The van der Waals surface area contributed by atoms with Crippen LogP contribution in [0.1, 0.15) is 5.69 Å². The van der Waals surface area contributed by atoms with E-state index >= 15 is 0 Å². The zero-order valence-corrected chi connectivity index (χ0v) is 9.11. The molecule has 0 fully saturated rings. The highest BCUT2D eigenvalue weighted by Gasteiger charge is 2.07. The molecule has 0 aliphatic rings. The molecule has 5 nitrogen and oxygen atoms in total. The number of rotatable bonds is 3. The maximum absolute atomic E-state index is 5.54. The zero-order chi connectivity index (χ0) is 11.4. The minimum absolute atomic E-state index is 0.208. The highest BCUT2D eigenvalue weighted by molar-refractivity contribution is 7.80. The molecule has 0 unspecified atom stereocenters. The van der Waals surface area contributed by atoms with E-state index in [4.69, 9.17) is 18.0 Å². The number of nitrogens with zero attached hydrogens (tertiary/aromatic N) is 3. The van der Waals surface area contributed by atoms with Gasteiger partial charge in [-0.15, -0.1) is 0 Å². The molecule has 2 rings (SSSR count). The molecule has 0 radical (unpaired) electrons. The molecule has 0 aliphatic carbocycles. The Balaban J connectivity index is 2.31. The van der Waals surface area contributed by atoms with Crippen molar-refractivity contribution < 1.29 is 0 Å². The predicted octanol–water partition coefficient (Wildman–Crippen LogP) is 1.25. The zero-order valence-electron chi connectivity index (χ0n) is 8.29. The number of nitrogens with one attached hydrogen (secondary N) is 1. The van der Waals surface area contributed by atoms with Crippen LogP contribution in [0.3, 0.4) is 0 Å². The molecule has 0 atom stereocenters. The van der Waals surface area contributed by atoms with Crippen molar-refractivity contribution in [2.24, 2.45) is 5.73 Å². The predicted molar refractivity (Wildman–Crippen MR) is 65.4 cm³/mol. The normalized spacial score (nSPS) is 9.75. The van der Waals surface area contributed by atoms with Crippen LogP contribution in [-0.2, 0) is 0 Å². The summed E-state index contributed by atoms with van der Waals surface area (Å²) in [7, 11) is 0. The van der Waals surface area contributed by atoms with Gasteiger partial charge in [0.05, 0.1) is 11.9 Å². The Hall–Kier alpha value is -2.08. The van der Waals surface area contributed by atoms with E-state index in [0.29, 0.717) is 11.5 Å². The quantitative estimate of drug-likeness (QED) is 0.774. The average Bonchev–Trinajstić information content (AvgIpc) is 2.31. The second-order valence-corrected chi connectivity index (χ2v) is 3.42. The van der Waals surface area contributed by atoms with Crippen LogP contribution in [0, 0.1) is 0 Å². The monoisotopic (exact) mass is 231 g/mol. The summed E-state index contributed by atoms with van der Waals surface area (Å²) >= 11 is 4.89. The van der Waals surface area contributed by atoms with E-state index in [1.807, 2.05) is 12.1 Å². The molecule has 80 valence electrons. The number of anilines is 2. The van der Waals surface area contributed by atoms with E-state index in [2.05, 4.69) is 20.3 Å². The van der Waals surface area contributed by atoms with Gasteiger partial charge in [-0.1, -0.05) is 12.2 Å². The molecular weight excluding hydrogens is 222 g/mol. The Morgan fingerprint density at radius 1 is 1.25 bits per heavy atom. The van der Waals surface area contributed by atoms with Gasteiger partial charge in [0, 0.05) is 18.6 Å². The van der Waals surface area contributed by atoms with Gasteiger partial charge >= 0.3 is 0 Å². The third-order valence-corrected chi connectivity index (χ3v) is 2.05. The summed E-state index contributed by atoms with van der Waals surface area (Å²) < 4.78 is 0. The SMILES string of the molecule is NC(=S)c1nccnc1Nc1cccnc1. The van der Waals surface area contributed by atoms with Gasteiger partial charge in [-0.3, -0.25) is 4.98 Å². The van der Waals surface area contributed by atoms with Crippen LogP contribution in [0.2, 0.25) is 0 Å². The lowest BCUT2D eigenvalue weighted by atomic mass is 10.3. The molecule has 0 amide bonds. The number of thiocarbonyl (C=S) groups is 1. The first-order chi connectivity index (χ1) is 7.77. The fraction of sp³-hybridized carbons (Fsp3) is 0. The first-order valence-electron chi connectivity index (χ1n) is 4.55. The fourth-order valence-electron chi connectivity index (χ4n) is 1.18. The molecule has 16 heavy (non-hydrogen) atoms. The number of nitrogens with two attached hydrogens (primary N) is 1. The molecule has 6 heteroatoms. The molecule has 0 aromatic carbocycles. The van der Waals surface area contributed by atoms with Crippen molar-refractivity contribution in [2.45, 2.75) is 0 Å². The van der Waals surface area contributed by atoms with Crippen LogP contribution in [0.5, 0.6) is 0 Å². The van der Waals surface area contributed by atoms with Gasteiger partial charge in [-0.25, -0.2) is 9.97 Å². The van der Waals surface area contributed by atoms with Crippen LogP contribution in [0.15, 0.2) is 36.9 Å². The second kappa shape index (κ2) is 4.63. The number of hydrogen-bond donors (Lipinski definition) is 2. The molecule has 0 spiro atoms. The molecule has 0 saturated carbocycles. The van der Waals surface area contributed by atoms with Gasteiger partial charge in [0.1, 0.15) is 10.7 Å². The summed E-state index contributed by atoms with van der Waals surface area (Å²) in [6, 6.07) is 3.68. The summed E-state index contributed by atoms with van der Waals surface area (Å²) in [6.45, 7) is 0. The fourth-order valence-corrected chi connectivity index (χ4v) is 1.33. The van der Waals surface area contributed by atoms with Crippen molar-refractivity contribution in [3.63, 3.8) is 0 Å². The van der Waals surface area contributed by atoms with Gasteiger partial charge in [-0.2, -0.15) is 0 Å². The highest BCUT2D eigenvalue weighted by Crippen LogP contribution is 2.15. The summed E-state index contributed by atoms with van der Waals surface area (Å²) in [5.41, 5.74) is 6.82. The lowest BCUT2D eigenvalue weighted by Crippen LogP contribution is -2.14. The molecule has 2 aromatic heterocycles. The van der Waals surface area contributed by atoms with Crippen molar-refractivity contribution in [3.8, 4) is 0 Å². The number of hydrogen-bond acceptors (Lipinski definition) is 5. The second-order valence-electron chi connectivity index (χ2n) is 2.98. The summed E-state index contributed by atoms with van der Waals surface area (Å²) in [6.07, 6.45) is 6.48. The first-order valence-corrected chi connectivity index (χ1v) is 4.96. The standard InChI is InChI=1S/C10H9N5S/c11-9(16)8-10(14-5-4-13-8)15-7-2-1-3-12-6-7/h1-6H,(H2,11,16)(H,14,15). The minimum atomic E-state index is 0.208. The highest BCUT2D eigenvalue weighted by atomic mass is 32.1. The largest absolute Gasteiger partial charge is 0.388 e. The maximum Gasteiger partial charge on any atom is 0.159 e. The van der Waals surface area contributed by atoms with Crippen molar-refractivity contribution in [1.29, 1.82) is 0 Å². The van der Waals surface area contributed by atoms with Crippen molar-refractivity contribution in [1.82, 2.24) is 15.0 Å². The van der Waals surface area contributed by atoms with E-state index in [9.17, 15) is 0 Å². The van der Waals surface area contributed by atoms with E-state index in [-0.39, 0.29) is 4.99 Å². The van der Waals surface area contributed by atoms with Crippen LogP contribution in [-0.4, -0.2) is 19.9 Å². The maximum atomic E-state index is 5.54. The minimum Gasteiger partial charge on any atom is -0.388 e. The molecule has 0 saturated heterocycles. The van der Waals surface area contributed by atoms with Crippen LogP contribution in [0.4, 0.5) is 11.5 Å². The van der Waals surface area contributed by atoms with Gasteiger partial charge in [0.2, 0.25) is 0 Å². The van der Waals surface area contributed by atoms with Crippen molar-refractivity contribution >= 4 is 28.7 Å². The Morgan fingerprint density at radius 3 is 2.75 bits per heavy atom. The third kappa shape index (κ3) is 2.29. The lowest BCUT2D eigenvalue weighted by molar-refractivity contribution is 1.17. The number of pyridine rings is 1. The Labute approximate surface area is 97.8 Å². The Morgan fingerprint density at radius 2 is 2.06 bits per heavy atom. The molecular formula is C10H9N5S. The first kappa shape index (κ1) is 10.4. The summed E-state index contributed by atoms with van der Waals surface area (Å²) in [4.78, 5) is 12.4. The van der Waals surface area contributed by atoms with Crippen molar-refractivity contribution in [2.75, 3.05) is 5.32 Å². The smallest absolute Gasteiger partial charge is 0.159 e. The van der Waals surface area contributed by atoms with Crippen LogP contribution < -0.4 is 11.1 Å². The van der Waals surface area contributed by atoms with Crippen LogP contribution in [0.25, 0.3) is 0 Å². The van der Waals surface area contributed by atoms with E-state index in [1.54, 1.807) is 24.8 Å². The Kier molecular flexibility index (Phi) is 3.02. The van der Waals surface area contributed by atoms with Gasteiger partial charge in [0.15, 0.2) is 5.82 Å². The molecule has 2 heterocycles. The van der Waals surface area contributed by atoms with E-state index < -0.39 is 0 Å². The third-order valence-electron chi connectivity index (χ3n) is 1.86. The van der Waals surface area contributed by atoms with Gasteiger partial charge < -0.3 is 11.1 Å². The van der Waals surface area contributed by atoms with Gasteiger partial charge in [0.25, 0.3) is 0 Å². The van der Waals surface area contributed by atoms with Crippen molar-refractivity contribution in [3.05, 3.63) is 42.6 Å². The molecule has 2 aromatic rings. The lowest BCUT2D eigenvalue weighted by Gasteiger charge is -2.07. The molecule has 0 bridgehead atoms. The molecule has 0 aliphatic heterocycles. The van der Waals surface area contributed by atoms with E-state index in [0.717, 1.165) is 5.69 Å². The summed E-state index contributed by atoms with van der Waals surface area (Å²) in [5.74, 6) is 0.531. The van der Waals surface area contributed by atoms with Gasteiger partial charge in [-0.05, 0) is 12.1 Å². The Bertz CT molecular complexity index is 500. The van der Waals surface area contributed by atoms with E-state index in [1.165, 1.54) is 0 Å². The van der Waals surface area contributed by atoms with Crippen LogP contribution >= 0.6 is 12.2 Å².